The molecule has 3 aromatic carbocycles. The van der Waals surface area contributed by atoms with Crippen LogP contribution < -0.4 is 0 Å². The second-order valence-electron chi connectivity index (χ2n) is 10.4. The van der Waals surface area contributed by atoms with Gasteiger partial charge >= 0.3 is 0 Å². The van der Waals surface area contributed by atoms with Gasteiger partial charge in [-0.1, -0.05) is 82.3 Å². The van der Waals surface area contributed by atoms with Crippen LogP contribution in [0.3, 0.4) is 0 Å². The first-order chi connectivity index (χ1) is 15.3. The molecule has 1 aliphatic rings. The first kappa shape index (κ1) is 20.8. The maximum Gasteiger partial charge on any atom is 0.194 e. The molecule has 2 heteroatoms. The molecule has 1 heterocycles. The molecule has 1 aliphatic carbocycles. The summed E-state index contributed by atoms with van der Waals surface area (Å²) < 4.78 is 0. The lowest BCUT2D eigenvalue weighted by Crippen LogP contribution is -2.16. The highest BCUT2D eigenvalue weighted by molar-refractivity contribution is 6.22. The van der Waals surface area contributed by atoms with Gasteiger partial charge in [0.1, 0.15) is 0 Å². The Morgan fingerprint density at radius 3 is 2.53 bits per heavy atom. The molecule has 0 saturated carbocycles. The molecule has 162 valence electrons. The summed E-state index contributed by atoms with van der Waals surface area (Å²) in [6.45, 7) is 8.87. The van der Waals surface area contributed by atoms with Crippen LogP contribution in [0.1, 0.15) is 66.7 Å². The Kier molecular flexibility index (Phi) is 5.04. The molecule has 0 radical (unpaired) electrons. The smallest absolute Gasteiger partial charge is 0.194 e. The molecular formula is C30H31NO. The predicted octanol–water partition coefficient (Wildman–Crippen LogP) is 7.49. The van der Waals surface area contributed by atoms with Crippen LogP contribution >= 0.6 is 0 Å². The van der Waals surface area contributed by atoms with Gasteiger partial charge in [0.15, 0.2) is 5.78 Å². The Hall–Kier alpha value is -3.13. The summed E-state index contributed by atoms with van der Waals surface area (Å²) in [7, 11) is 0. The molecule has 0 saturated heterocycles. The quantitative estimate of drug-likeness (QED) is 0.313. The molecule has 0 aliphatic heterocycles. The fraction of sp³-hybridized carbons (Fsp3) is 0.300. The first-order valence-corrected chi connectivity index (χ1v) is 11.7. The summed E-state index contributed by atoms with van der Waals surface area (Å²) in [5.41, 5.74) is 8.99. The monoisotopic (exact) mass is 421 g/mol. The normalized spacial score (nSPS) is 13.9. The Bertz CT molecular complexity index is 1320. The lowest BCUT2D eigenvalue weighted by atomic mass is 9.82. The molecule has 1 atom stereocenters. The van der Waals surface area contributed by atoms with Crippen LogP contribution in [-0.2, 0) is 18.3 Å². The number of carbonyl (C=O) groups excluding carboxylic acids is 1. The fourth-order valence-electron chi connectivity index (χ4n) is 5.17. The third kappa shape index (κ3) is 3.58. The van der Waals surface area contributed by atoms with Gasteiger partial charge in [0, 0.05) is 28.2 Å². The van der Waals surface area contributed by atoms with Crippen molar-refractivity contribution in [2.45, 2.75) is 52.4 Å². The van der Waals surface area contributed by atoms with Gasteiger partial charge in [-0.25, -0.2) is 0 Å². The number of aryl methyl sites for hydroxylation is 1. The molecule has 0 fully saturated rings. The fourth-order valence-corrected chi connectivity index (χ4v) is 5.17. The van der Waals surface area contributed by atoms with E-state index in [9.17, 15) is 4.79 Å². The molecule has 1 N–H and O–H groups in total. The largest absolute Gasteiger partial charge is 0.361 e. The zero-order chi connectivity index (χ0) is 22.5. The Morgan fingerprint density at radius 1 is 0.906 bits per heavy atom. The second-order valence-corrected chi connectivity index (χ2v) is 10.4. The molecule has 1 unspecified atom stereocenters. The van der Waals surface area contributed by atoms with Crippen molar-refractivity contribution in [3.63, 3.8) is 0 Å². The van der Waals surface area contributed by atoms with Gasteiger partial charge in [0.2, 0.25) is 0 Å². The maximum absolute atomic E-state index is 13.2. The van der Waals surface area contributed by atoms with Gasteiger partial charge in [0.05, 0.1) is 0 Å². The highest BCUT2D eigenvalue weighted by Gasteiger charge is 2.32. The highest BCUT2D eigenvalue weighted by atomic mass is 16.1. The van der Waals surface area contributed by atoms with E-state index in [-0.39, 0.29) is 11.2 Å². The van der Waals surface area contributed by atoms with Crippen molar-refractivity contribution < 1.29 is 4.79 Å². The van der Waals surface area contributed by atoms with Gasteiger partial charge < -0.3 is 4.98 Å². The maximum atomic E-state index is 13.2. The number of hydrogen-bond acceptors (Lipinski definition) is 1. The minimum Gasteiger partial charge on any atom is -0.361 e. The zero-order valence-electron chi connectivity index (χ0n) is 19.5. The topological polar surface area (TPSA) is 32.9 Å². The van der Waals surface area contributed by atoms with E-state index in [1.165, 1.54) is 22.0 Å². The Morgan fingerprint density at radius 2 is 1.72 bits per heavy atom. The van der Waals surface area contributed by atoms with Crippen molar-refractivity contribution in [3.05, 3.63) is 94.7 Å². The van der Waals surface area contributed by atoms with Crippen LogP contribution in [0.2, 0.25) is 0 Å². The standard InChI is InChI=1S/C30H31NO/c1-19(12-14-21-18-31-27-11-6-5-8-22(21)27)16-20-13-15-24-25(17-20)23-9-7-10-26(30(2,3)4)28(23)29(24)32/h5-11,13,15,17-19,31H,12,14,16H2,1-4H3. The molecule has 0 bridgehead atoms. The van der Waals surface area contributed by atoms with E-state index in [0.29, 0.717) is 5.92 Å². The lowest BCUT2D eigenvalue weighted by molar-refractivity contribution is 0.104. The summed E-state index contributed by atoms with van der Waals surface area (Å²) in [5, 5.41) is 1.34. The molecular weight excluding hydrogens is 390 g/mol. The van der Waals surface area contributed by atoms with E-state index >= 15 is 0 Å². The number of aromatic amines is 1. The predicted molar refractivity (Wildman–Crippen MR) is 133 cm³/mol. The van der Waals surface area contributed by atoms with E-state index in [1.54, 1.807) is 0 Å². The van der Waals surface area contributed by atoms with E-state index in [0.717, 1.165) is 47.1 Å². The Labute approximate surface area is 190 Å². The van der Waals surface area contributed by atoms with E-state index < -0.39 is 0 Å². The van der Waals surface area contributed by atoms with Gasteiger partial charge in [-0.05, 0) is 64.5 Å². The highest BCUT2D eigenvalue weighted by Crippen LogP contribution is 2.42. The average molecular weight is 422 g/mol. The lowest BCUT2D eigenvalue weighted by Gasteiger charge is -2.22. The SMILES string of the molecule is CC(CCc1c[nH]c2ccccc12)Cc1ccc2c(c1)-c1cccc(C(C)(C)C)c1C2=O. The van der Waals surface area contributed by atoms with Crippen molar-refractivity contribution in [2.24, 2.45) is 5.92 Å². The number of fused-ring (bicyclic) bond motifs is 4. The van der Waals surface area contributed by atoms with Crippen LogP contribution in [0, 0.1) is 5.92 Å². The van der Waals surface area contributed by atoms with Crippen LogP contribution in [0.4, 0.5) is 0 Å². The van der Waals surface area contributed by atoms with Gasteiger partial charge in [0.25, 0.3) is 0 Å². The Balaban J connectivity index is 1.36. The number of carbonyl (C=O) groups is 1. The van der Waals surface area contributed by atoms with E-state index in [1.807, 2.05) is 6.07 Å². The number of aromatic nitrogens is 1. The van der Waals surface area contributed by atoms with Crippen molar-refractivity contribution in [2.75, 3.05) is 0 Å². The summed E-state index contributed by atoms with van der Waals surface area (Å²) >= 11 is 0. The number of para-hydroxylation sites is 1. The number of H-pyrrole nitrogens is 1. The first-order valence-electron chi connectivity index (χ1n) is 11.7. The van der Waals surface area contributed by atoms with Gasteiger partial charge in [-0.2, -0.15) is 0 Å². The van der Waals surface area contributed by atoms with Gasteiger partial charge in [-0.15, -0.1) is 0 Å². The second kappa shape index (κ2) is 7.78. The molecule has 2 nitrogen and oxygen atoms in total. The van der Waals surface area contributed by atoms with Crippen molar-refractivity contribution in [3.8, 4) is 11.1 Å². The molecule has 0 spiro atoms. The summed E-state index contributed by atoms with van der Waals surface area (Å²) in [6, 6.07) is 21.3. The molecule has 32 heavy (non-hydrogen) atoms. The molecule has 5 rings (SSSR count). The minimum atomic E-state index is -0.0528. The van der Waals surface area contributed by atoms with Crippen molar-refractivity contribution in [1.82, 2.24) is 4.98 Å². The number of rotatable bonds is 5. The minimum absolute atomic E-state index is 0.0528. The van der Waals surface area contributed by atoms with Crippen LogP contribution in [0.5, 0.6) is 0 Å². The molecule has 4 aromatic rings. The zero-order valence-corrected chi connectivity index (χ0v) is 19.5. The van der Waals surface area contributed by atoms with Crippen LogP contribution in [-0.4, -0.2) is 10.8 Å². The van der Waals surface area contributed by atoms with Crippen molar-refractivity contribution >= 4 is 16.7 Å². The summed E-state index contributed by atoms with van der Waals surface area (Å²) in [6.07, 6.45) is 5.40. The summed E-state index contributed by atoms with van der Waals surface area (Å²) in [5.74, 6) is 0.749. The summed E-state index contributed by atoms with van der Waals surface area (Å²) in [4.78, 5) is 16.6. The number of benzene rings is 3. The van der Waals surface area contributed by atoms with Crippen LogP contribution in [0.15, 0.2) is 66.9 Å². The van der Waals surface area contributed by atoms with E-state index in [2.05, 4.69) is 93.5 Å². The molecule has 1 aromatic heterocycles. The average Bonchev–Trinajstić information content (AvgIpc) is 3.31. The number of hydrogen-bond donors (Lipinski definition) is 1. The van der Waals surface area contributed by atoms with Crippen molar-refractivity contribution in [1.29, 1.82) is 0 Å². The van der Waals surface area contributed by atoms with Crippen LogP contribution in [0.25, 0.3) is 22.0 Å². The third-order valence-electron chi connectivity index (χ3n) is 6.88. The van der Waals surface area contributed by atoms with Gasteiger partial charge in [-0.3, -0.25) is 4.79 Å². The number of ketones is 1. The number of nitrogens with one attached hydrogen (secondary N) is 1. The van der Waals surface area contributed by atoms with E-state index in [4.69, 9.17) is 0 Å². The third-order valence-corrected chi connectivity index (χ3v) is 6.88. The molecule has 0 amide bonds.